The van der Waals surface area contributed by atoms with Gasteiger partial charge in [0, 0.05) is 26.0 Å². The van der Waals surface area contributed by atoms with Crippen LogP contribution in [-0.2, 0) is 11.3 Å². The maximum Gasteiger partial charge on any atom is 0.261 e. The average molecular weight is 381 g/mol. The highest BCUT2D eigenvalue weighted by Crippen LogP contribution is 2.26. The van der Waals surface area contributed by atoms with E-state index in [0.717, 1.165) is 16.2 Å². The fourth-order valence-electron chi connectivity index (χ4n) is 3.23. The van der Waals surface area contributed by atoms with Crippen LogP contribution in [0, 0.1) is 0 Å². The summed E-state index contributed by atoms with van der Waals surface area (Å²) in [5, 5.41) is 0.866. The number of methoxy groups -OCH3 is 1. The molecule has 0 saturated carbocycles. The zero-order valence-corrected chi connectivity index (χ0v) is 15.7. The Kier molecular flexibility index (Phi) is 4.96. The largest absolute Gasteiger partial charge is 0.383 e. The van der Waals surface area contributed by atoms with Crippen LogP contribution >= 0.6 is 11.8 Å². The zero-order valence-electron chi connectivity index (χ0n) is 14.9. The van der Waals surface area contributed by atoms with Crippen LogP contribution in [0.4, 0.5) is 0 Å². The van der Waals surface area contributed by atoms with Gasteiger partial charge in [-0.3, -0.25) is 14.5 Å². The number of thioether (sulfide) groups is 1. The monoisotopic (exact) mass is 381 g/mol. The summed E-state index contributed by atoms with van der Waals surface area (Å²) in [6.07, 6.45) is 0. The number of imidazole rings is 1. The summed E-state index contributed by atoms with van der Waals surface area (Å²) in [5.41, 5.74) is 2.95. The Morgan fingerprint density at radius 2 is 1.63 bits per heavy atom. The quantitative estimate of drug-likeness (QED) is 0.465. The Hall–Kier alpha value is -2.64. The number of para-hydroxylation sites is 2. The summed E-state index contributed by atoms with van der Waals surface area (Å²) < 4.78 is 7.33. The Morgan fingerprint density at radius 1 is 0.963 bits per heavy atom. The van der Waals surface area contributed by atoms with E-state index < -0.39 is 0 Å². The first-order valence-electron chi connectivity index (χ1n) is 8.73. The van der Waals surface area contributed by atoms with E-state index in [1.807, 2.05) is 24.3 Å². The molecule has 2 amide bonds. The fourth-order valence-corrected chi connectivity index (χ4v) is 4.20. The molecule has 0 fully saturated rings. The van der Waals surface area contributed by atoms with Gasteiger partial charge in [0.25, 0.3) is 11.8 Å². The summed E-state index contributed by atoms with van der Waals surface area (Å²) in [6.45, 7) is 1.64. The van der Waals surface area contributed by atoms with Crippen molar-refractivity contribution in [3.05, 3.63) is 59.7 Å². The van der Waals surface area contributed by atoms with Gasteiger partial charge in [0.1, 0.15) is 0 Å². The topological polar surface area (TPSA) is 64.4 Å². The van der Waals surface area contributed by atoms with Crippen LogP contribution in [0.5, 0.6) is 0 Å². The number of carbonyl (C=O) groups is 2. The number of hydrogen-bond acceptors (Lipinski definition) is 5. The fraction of sp³-hybridized carbons (Fsp3) is 0.250. The highest BCUT2D eigenvalue weighted by atomic mass is 32.2. The van der Waals surface area contributed by atoms with Crippen molar-refractivity contribution in [2.75, 3.05) is 26.0 Å². The van der Waals surface area contributed by atoms with Gasteiger partial charge in [-0.2, -0.15) is 0 Å². The van der Waals surface area contributed by atoms with Crippen molar-refractivity contribution in [3.63, 3.8) is 0 Å². The summed E-state index contributed by atoms with van der Waals surface area (Å²) in [6, 6.07) is 14.9. The third-order valence-corrected chi connectivity index (χ3v) is 5.52. The Bertz CT molecular complexity index is 980. The molecular weight excluding hydrogens is 362 g/mol. The van der Waals surface area contributed by atoms with Gasteiger partial charge in [0.15, 0.2) is 5.16 Å². The second-order valence-electron chi connectivity index (χ2n) is 6.18. The summed E-state index contributed by atoms with van der Waals surface area (Å²) in [5.74, 6) is 0.148. The number of ether oxygens (including phenoxy) is 1. The molecule has 0 bridgehead atoms. The number of amides is 2. The van der Waals surface area contributed by atoms with Gasteiger partial charge in [0.05, 0.1) is 28.8 Å². The number of nitrogens with zero attached hydrogens (tertiary/aromatic N) is 3. The van der Waals surface area contributed by atoms with Gasteiger partial charge < -0.3 is 9.30 Å². The molecule has 0 N–H and O–H groups in total. The van der Waals surface area contributed by atoms with Crippen LogP contribution in [0.15, 0.2) is 53.7 Å². The molecule has 0 radical (unpaired) electrons. The molecule has 7 heteroatoms. The van der Waals surface area contributed by atoms with Crippen LogP contribution in [-0.4, -0.2) is 52.3 Å². The predicted molar refractivity (Wildman–Crippen MR) is 104 cm³/mol. The van der Waals surface area contributed by atoms with Gasteiger partial charge in [-0.15, -0.1) is 0 Å². The number of benzene rings is 2. The lowest BCUT2D eigenvalue weighted by Crippen LogP contribution is -2.31. The molecule has 138 valence electrons. The van der Waals surface area contributed by atoms with Crippen LogP contribution in [0.25, 0.3) is 11.0 Å². The van der Waals surface area contributed by atoms with E-state index in [1.165, 1.54) is 4.90 Å². The molecule has 0 unspecified atom stereocenters. The maximum atomic E-state index is 12.5. The van der Waals surface area contributed by atoms with Crippen molar-refractivity contribution in [1.82, 2.24) is 14.5 Å². The molecule has 0 atom stereocenters. The van der Waals surface area contributed by atoms with E-state index in [4.69, 9.17) is 4.74 Å². The highest BCUT2D eigenvalue weighted by molar-refractivity contribution is 7.99. The van der Waals surface area contributed by atoms with Crippen LogP contribution in [0.1, 0.15) is 20.7 Å². The predicted octanol–water partition coefficient (Wildman–Crippen LogP) is 3.07. The summed E-state index contributed by atoms with van der Waals surface area (Å²) >= 11 is 1.54. The van der Waals surface area contributed by atoms with Gasteiger partial charge in [-0.25, -0.2) is 4.98 Å². The van der Waals surface area contributed by atoms with Gasteiger partial charge in [-0.1, -0.05) is 36.0 Å². The minimum Gasteiger partial charge on any atom is -0.383 e. The lowest BCUT2D eigenvalue weighted by Gasteiger charge is -2.13. The van der Waals surface area contributed by atoms with Crippen molar-refractivity contribution in [3.8, 4) is 0 Å². The first-order chi connectivity index (χ1) is 13.2. The van der Waals surface area contributed by atoms with E-state index in [1.54, 1.807) is 43.1 Å². The van der Waals surface area contributed by atoms with E-state index in [9.17, 15) is 9.59 Å². The first-order valence-corrected chi connectivity index (χ1v) is 9.71. The van der Waals surface area contributed by atoms with Crippen LogP contribution in [0.2, 0.25) is 0 Å². The molecule has 4 rings (SSSR count). The van der Waals surface area contributed by atoms with Crippen molar-refractivity contribution in [1.29, 1.82) is 0 Å². The second-order valence-corrected chi connectivity index (χ2v) is 7.25. The minimum absolute atomic E-state index is 0.218. The van der Waals surface area contributed by atoms with Gasteiger partial charge >= 0.3 is 0 Å². The van der Waals surface area contributed by atoms with E-state index in [-0.39, 0.29) is 11.8 Å². The Morgan fingerprint density at radius 3 is 2.33 bits per heavy atom. The first kappa shape index (κ1) is 17.8. The number of imide groups is 1. The molecule has 0 saturated heterocycles. The lowest BCUT2D eigenvalue weighted by atomic mass is 10.1. The highest BCUT2D eigenvalue weighted by Gasteiger charge is 2.34. The van der Waals surface area contributed by atoms with E-state index >= 15 is 0 Å². The second kappa shape index (κ2) is 7.54. The molecule has 6 nitrogen and oxygen atoms in total. The molecule has 1 aliphatic rings. The van der Waals surface area contributed by atoms with Gasteiger partial charge in [0.2, 0.25) is 0 Å². The van der Waals surface area contributed by atoms with E-state index in [2.05, 4.69) is 9.55 Å². The van der Waals surface area contributed by atoms with Crippen molar-refractivity contribution in [2.24, 2.45) is 0 Å². The molecule has 0 aliphatic carbocycles. The summed E-state index contributed by atoms with van der Waals surface area (Å²) in [4.78, 5) is 30.9. The van der Waals surface area contributed by atoms with Gasteiger partial charge in [-0.05, 0) is 24.3 Å². The normalized spacial score (nSPS) is 13.6. The number of carbonyl (C=O) groups excluding carboxylic acids is 2. The number of rotatable bonds is 7. The molecule has 1 aromatic heterocycles. The van der Waals surface area contributed by atoms with Crippen molar-refractivity contribution in [2.45, 2.75) is 11.7 Å². The Labute approximate surface area is 161 Å². The third kappa shape index (κ3) is 3.24. The molecule has 0 spiro atoms. The standard InChI is InChI=1S/C20H19N3O3S/c1-26-12-10-22-17-9-5-4-8-16(17)21-20(22)27-13-11-23-18(24)14-6-2-3-7-15(14)19(23)25/h2-9H,10-13H2,1H3. The SMILES string of the molecule is COCCn1c(SCCN2C(=O)c3ccccc3C2=O)nc2ccccc21. The summed E-state index contributed by atoms with van der Waals surface area (Å²) in [7, 11) is 1.67. The zero-order chi connectivity index (χ0) is 18.8. The smallest absolute Gasteiger partial charge is 0.261 e. The maximum absolute atomic E-state index is 12.5. The molecule has 27 heavy (non-hydrogen) atoms. The van der Waals surface area contributed by atoms with Crippen molar-refractivity contribution < 1.29 is 14.3 Å². The minimum atomic E-state index is -0.218. The Balaban J connectivity index is 1.48. The molecular formula is C20H19N3O3S. The van der Waals surface area contributed by atoms with Crippen LogP contribution < -0.4 is 0 Å². The third-order valence-electron chi connectivity index (χ3n) is 4.56. The number of hydrogen-bond donors (Lipinski definition) is 0. The lowest BCUT2D eigenvalue weighted by molar-refractivity contribution is 0.0664. The number of aromatic nitrogens is 2. The average Bonchev–Trinajstić information content (AvgIpc) is 3.17. The van der Waals surface area contributed by atoms with Crippen molar-refractivity contribution >= 4 is 34.6 Å². The molecule has 1 aliphatic heterocycles. The van der Waals surface area contributed by atoms with Crippen LogP contribution in [0.3, 0.4) is 0 Å². The molecule has 3 aromatic rings. The van der Waals surface area contributed by atoms with E-state index in [0.29, 0.717) is 36.6 Å². The molecule has 2 heterocycles. The molecule has 2 aromatic carbocycles. The number of fused-ring (bicyclic) bond motifs is 2.